The molecule has 0 unspecified atom stereocenters. The van der Waals surface area contributed by atoms with Gasteiger partial charge in [-0.2, -0.15) is 18.4 Å². The minimum Gasteiger partial charge on any atom is -0.493 e. The number of nitrogens with zero attached hydrogens (tertiary/aromatic N) is 4. The van der Waals surface area contributed by atoms with E-state index in [0.717, 1.165) is 10.5 Å². The van der Waals surface area contributed by atoms with E-state index in [1.165, 1.54) is 14.0 Å². The number of ether oxygens (including phenoxy) is 2. The van der Waals surface area contributed by atoms with Crippen molar-refractivity contribution in [2.24, 2.45) is 16.6 Å². The molecule has 0 aliphatic carbocycles. The zero-order valence-corrected chi connectivity index (χ0v) is 41.9. The highest BCUT2D eigenvalue weighted by Crippen LogP contribution is 2.40. The number of nitriles is 1. The Labute approximate surface area is 414 Å². The third-order valence-electron chi connectivity index (χ3n) is 11.6. The Morgan fingerprint density at radius 3 is 2.06 bits per heavy atom. The summed E-state index contributed by atoms with van der Waals surface area (Å²) in [4.78, 5) is 81.3. The van der Waals surface area contributed by atoms with Crippen molar-refractivity contribution in [3.8, 4) is 40.1 Å². The van der Waals surface area contributed by atoms with Crippen LogP contribution in [0.5, 0.6) is 11.5 Å². The van der Waals surface area contributed by atoms with Gasteiger partial charge in [0.2, 0.25) is 23.6 Å². The maximum absolute atomic E-state index is 14.9. The van der Waals surface area contributed by atoms with Crippen molar-refractivity contribution in [2.75, 3.05) is 46.4 Å². The third kappa shape index (κ3) is 14.5. The number of aromatic nitrogens is 2. The summed E-state index contributed by atoms with van der Waals surface area (Å²) < 4.78 is 39.2. The van der Waals surface area contributed by atoms with Crippen LogP contribution in [0.1, 0.15) is 85.0 Å². The molecule has 71 heavy (non-hydrogen) atoms. The summed E-state index contributed by atoms with van der Waals surface area (Å²) >= 11 is 0. The molecule has 1 aliphatic rings. The van der Waals surface area contributed by atoms with Gasteiger partial charge in [0.1, 0.15) is 42.2 Å². The standard InChI is InChI=1S/C49H64N12O9S/c1-28-41(29(2)57-43(56-28)32-11-14-34(15-12-32)49(4,5)6)46(64)60-38(27-55-71(53,67)68)48(66)61(7)42-33-13-17-40(70-23-9-19-51)36(26-33)35-24-31(10-16-39(35)69-22-8-18-50)25-37(45(63)54-21-20-52)59-44(62)30(3)58-47(42)65/h10-17,24,26,30,37-38,42,55H,8-9,18-19,21-23,25,27,50-51H2,1-7H3,(H,54,63)(H,58,65)(H,59,62)(H,60,64)(H2,53,67,68)/t30-,37-,38-,42-/m0/s1. The van der Waals surface area contributed by atoms with E-state index in [0.29, 0.717) is 65.5 Å². The van der Waals surface area contributed by atoms with E-state index in [-0.39, 0.29) is 54.1 Å². The minimum absolute atomic E-state index is 0.0212. The van der Waals surface area contributed by atoms with Gasteiger partial charge in [-0.25, -0.2) is 15.1 Å². The molecule has 4 atom stereocenters. The molecule has 0 saturated carbocycles. The summed E-state index contributed by atoms with van der Waals surface area (Å²) in [5, 5.41) is 25.0. The summed E-state index contributed by atoms with van der Waals surface area (Å²) in [7, 11) is -3.17. The van der Waals surface area contributed by atoms with Crippen LogP contribution < -0.4 is 52.1 Å². The number of carbonyl (C=O) groups is 5. The second kappa shape index (κ2) is 24.2. The number of benzene rings is 3. The predicted molar refractivity (Wildman–Crippen MR) is 266 cm³/mol. The number of hydrogen-bond acceptors (Lipinski definition) is 14. The molecule has 0 fully saturated rings. The molecule has 3 aromatic carbocycles. The zero-order valence-electron chi connectivity index (χ0n) is 41.1. The number of carbonyl (C=O) groups excluding carboxylic acids is 5. The molecule has 2 heterocycles. The number of fused-ring (bicyclic) bond motifs is 5. The SMILES string of the molecule is Cc1nc(-c2ccc(C(C)(C)C)cc2)nc(C)c1C(=O)N[C@@H](CNS(N)(=O)=O)C(=O)N(C)[C@@H]1C(=O)N[C@@H](C)C(=O)N[C@H](C(=O)NCC#N)Cc2ccc(OCCCN)c(c2)-c2cc1ccc2OCCCN. The number of nitrogens with one attached hydrogen (secondary N) is 5. The van der Waals surface area contributed by atoms with Crippen LogP contribution in [0.15, 0.2) is 60.7 Å². The highest BCUT2D eigenvalue weighted by molar-refractivity contribution is 7.87. The van der Waals surface area contributed by atoms with Gasteiger partial charge in [-0.3, -0.25) is 24.0 Å². The molecule has 1 aliphatic heterocycles. The van der Waals surface area contributed by atoms with Crippen molar-refractivity contribution < 1.29 is 41.9 Å². The van der Waals surface area contributed by atoms with E-state index >= 15 is 0 Å². The Balaban J connectivity index is 1.62. The molecule has 4 aromatic rings. The minimum atomic E-state index is -4.44. The van der Waals surface area contributed by atoms with Gasteiger partial charge in [-0.15, -0.1) is 0 Å². The Morgan fingerprint density at radius 2 is 1.49 bits per heavy atom. The lowest BCUT2D eigenvalue weighted by atomic mass is 9.86. The van der Waals surface area contributed by atoms with Gasteiger partial charge in [-0.05, 0) is 93.1 Å². The second-order valence-corrected chi connectivity index (χ2v) is 19.5. The van der Waals surface area contributed by atoms with E-state index in [2.05, 4.69) is 56.7 Å². The quantitative estimate of drug-likeness (QED) is 0.0517. The molecular formula is C49H64N12O9S. The number of nitrogens with two attached hydrogens (primary N) is 3. The van der Waals surface area contributed by atoms with Crippen LogP contribution in [-0.4, -0.2) is 117 Å². The average molecular weight is 997 g/mol. The first-order chi connectivity index (χ1) is 33.6. The molecule has 11 N–H and O–H groups in total. The monoisotopic (exact) mass is 996 g/mol. The van der Waals surface area contributed by atoms with Crippen LogP contribution in [0, 0.1) is 25.2 Å². The Bertz CT molecular complexity index is 2740. The van der Waals surface area contributed by atoms with Gasteiger partial charge in [0, 0.05) is 36.7 Å². The van der Waals surface area contributed by atoms with Crippen LogP contribution in [0.4, 0.5) is 0 Å². The Kier molecular flexibility index (Phi) is 18.7. The largest absolute Gasteiger partial charge is 0.493 e. The maximum Gasteiger partial charge on any atom is 0.274 e. The smallest absolute Gasteiger partial charge is 0.274 e. The topological polar surface area (TPSA) is 329 Å². The highest BCUT2D eigenvalue weighted by atomic mass is 32.2. The van der Waals surface area contributed by atoms with Gasteiger partial charge in [-0.1, -0.05) is 57.2 Å². The van der Waals surface area contributed by atoms with Crippen LogP contribution >= 0.6 is 0 Å². The van der Waals surface area contributed by atoms with E-state index in [9.17, 15) is 37.7 Å². The molecule has 5 amide bonds. The Hall–Kier alpha value is -7.03. The molecule has 1 aromatic heterocycles. The molecule has 4 bridgehead atoms. The first-order valence-corrected chi connectivity index (χ1v) is 24.6. The lowest BCUT2D eigenvalue weighted by Gasteiger charge is -2.32. The van der Waals surface area contributed by atoms with Gasteiger partial charge < -0.3 is 47.1 Å². The first-order valence-electron chi connectivity index (χ1n) is 23.1. The van der Waals surface area contributed by atoms with Crippen molar-refractivity contribution in [3.05, 3.63) is 94.3 Å². The van der Waals surface area contributed by atoms with Gasteiger partial charge in [0.05, 0.1) is 36.2 Å². The highest BCUT2D eigenvalue weighted by Gasteiger charge is 2.37. The lowest BCUT2D eigenvalue weighted by Crippen LogP contribution is -2.57. The number of rotatable bonds is 18. The summed E-state index contributed by atoms with van der Waals surface area (Å²) in [5.41, 5.74) is 15.5. The molecule has 0 saturated heterocycles. The number of aryl methyl sites for hydroxylation is 2. The third-order valence-corrected chi connectivity index (χ3v) is 12.2. The van der Waals surface area contributed by atoms with Crippen molar-refractivity contribution in [1.82, 2.24) is 40.9 Å². The summed E-state index contributed by atoms with van der Waals surface area (Å²) in [6, 6.07) is 13.7. The normalized spacial score (nSPS) is 16.5. The summed E-state index contributed by atoms with van der Waals surface area (Å²) in [5.74, 6) is -3.00. The molecule has 380 valence electrons. The van der Waals surface area contributed by atoms with Crippen molar-refractivity contribution >= 4 is 39.7 Å². The van der Waals surface area contributed by atoms with E-state index in [1.54, 1.807) is 50.2 Å². The van der Waals surface area contributed by atoms with Crippen LogP contribution in [-0.2, 0) is 41.2 Å². The van der Waals surface area contributed by atoms with Crippen molar-refractivity contribution in [2.45, 2.75) is 90.4 Å². The second-order valence-electron chi connectivity index (χ2n) is 18.1. The zero-order chi connectivity index (χ0) is 52.2. The number of hydrogen-bond donors (Lipinski definition) is 8. The average Bonchev–Trinajstić information content (AvgIpc) is 3.31. The molecule has 5 rings (SSSR count). The number of amides is 5. The fraction of sp³-hybridized carbons (Fsp3) is 0.429. The summed E-state index contributed by atoms with van der Waals surface area (Å²) in [6.45, 7) is 10.9. The lowest BCUT2D eigenvalue weighted by molar-refractivity contribution is -0.141. The molecule has 22 heteroatoms. The maximum atomic E-state index is 14.9. The van der Waals surface area contributed by atoms with Crippen LogP contribution in [0.2, 0.25) is 0 Å². The fourth-order valence-electron chi connectivity index (χ4n) is 7.82. The summed E-state index contributed by atoms with van der Waals surface area (Å²) in [6.07, 6.45) is 0.952. The molecule has 0 spiro atoms. The molecule has 0 radical (unpaired) electrons. The van der Waals surface area contributed by atoms with E-state index < -0.39 is 70.5 Å². The predicted octanol–water partition coefficient (Wildman–Crippen LogP) is 1.46. The van der Waals surface area contributed by atoms with Gasteiger partial charge in [0.15, 0.2) is 5.82 Å². The Morgan fingerprint density at radius 1 is 0.901 bits per heavy atom. The van der Waals surface area contributed by atoms with Crippen molar-refractivity contribution in [1.29, 1.82) is 5.26 Å². The van der Waals surface area contributed by atoms with Gasteiger partial charge in [0.25, 0.3) is 16.1 Å². The molecular weight excluding hydrogens is 933 g/mol. The number of likely N-dealkylation sites (N-methyl/N-ethyl adjacent to an activating group) is 1. The van der Waals surface area contributed by atoms with Crippen LogP contribution in [0.3, 0.4) is 0 Å². The van der Waals surface area contributed by atoms with Crippen LogP contribution in [0.25, 0.3) is 22.5 Å². The fourth-order valence-corrected chi connectivity index (χ4v) is 8.22. The van der Waals surface area contributed by atoms with E-state index in [1.807, 2.05) is 30.3 Å². The first kappa shape index (κ1) is 54.9. The molecule has 21 nitrogen and oxygen atoms in total. The van der Waals surface area contributed by atoms with E-state index in [4.69, 9.17) is 26.1 Å². The van der Waals surface area contributed by atoms with Crippen molar-refractivity contribution in [3.63, 3.8) is 0 Å². The van der Waals surface area contributed by atoms with Gasteiger partial charge >= 0.3 is 0 Å².